The smallest absolute Gasteiger partial charge is 0.165 e. The van der Waals surface area contributed by atoms with Crippen molar-refractivity contribution in [1.29, 1.82) is 0 Å². The van der Waals surface area contributed by atoms with Crippen LogP contribution in [0.15, 0.2) is 48.5 Å². The van der Waals surface area contributed by atoms with Gasteiger partial charge in [0.15, 0.2) is 11.6 Å². The molecule has 84 valence electrons. The van der Waals surface area contributed by atoms with Gasteiger partial charge in [0.25, 0.3) is 0 Å². The van der Waals surface area contributed by atoms with E-state index in [1.807, 2.05) is 30.3 Å². The van der Waals surface area contributed by atoms with Crippen molar-refractivity contribution in [2.24, 2.45) is 0 Å². The molecule has 0 aliphatic heterocycles. The Kier molecular flexibility index (Phi) is 2.11. The largest absolute Gasteiger partial charge is 0.504 e. The fourth-order valence-corrected chi connectivity index (χ4v) is 1.94. The summed E-state index contributed by atoms with van der Waals surface area (Å²) in [5.74, 6) is -0.906. The summed E-state index contributed by atoms with van der Waals surface area (Å²) in [7, 11) is 0. The average Bonchev–Trinajstić information content (AvgIpc) is 2.80. The molecule has 0 saturated carbocycles. The van der Waals surface area contributed by atoms with Crippen molar-refractivity contribution < 1.29 is 9.50 Å². The molecule has 0 aliphatic carbocycles. The first-order valence-corrected chi connectivity index (χ1v) is 5.31. The first-order chi connectivity index (χ1) is 8.25. The minimum absolute atomic E-state index is 0.305. The van der Waals surface area contributed by atoms with Gasteiger partial charge in [0.05, 0.1) is 0 Å². The topological polar surface area (TPSA) is 36.0 Å². The summed E-state index contributed by atoms with van der Waals surface area (Å²) in [5.41, 5.74) is 2.59. The van der Waals surface area contributed by atoms with Crippen molar-refractivity contribution in [3.05, 3.63) is 54.3 Å². The second-order valence-electron chi connectivity index (χ2n) is 3.91. The molecule has 17 heavy (non-hydrogen) atoms. The average molecular weight is 227 g/mol. The quantitative estimate of drug-likeness (QED) is 0.653. The number of aromatic amines is 1. The van der Waals surface area contributed by atoms with Gasteiger partial charge in [-0.2, -0.15) is 0 Å². The molecule has 1 heterocycles. The molecule has 0 aliphatic rings. The van der Waals surface area contributed by atoms with Crippen LogP contribution in [-0.4, -0.2) is 10.1 Å². The monoisotopic (exact) mass is 227 g/mol. The predicted molar refractivity (Wildman–Crippen MR) is 65.4 cm³/mol. The molecule has 0 fully saturated rings. The van der Waals surface area contributed by atoms with Crippen LogP contribution in [-0.2, 0) is 0 Å². The van der Waals surface area contributed by atoms with Gasteiger partial charge in [0.2, 0.25) is 0 Å². The maximum Gasteiger partial charge on any atom is 0.165 e. The van der Waals surface area contributed by atoms with E-state index >= 15 is 0 Å². The summed E-state index contributed by atoms with van der Waals surface area (Å²) in [5, 5.41) is 10.1. The van der Waals surface area contributed by atoms with Gasteiger partial charge in [0, 0.05) is 16.6 Å². The van der Waals surface area contributed by atoms with Gasteiger partial charge in [-0.25, -0.2) is 4.39 Å². The molecule has 0 bridgehead atoms. The number of nitrogens with one attached hydrogen (secondary N) is 1. The second-order valence-corrected chi connectivity index (χ2v) is 3.91. The summed E-state index contributed by atoms with van der Waals surface area (Å²) < 4.78 is 13.2. The Labute approximate surface area is 97.3 Å². The summed E-state index contributed by atoms with van der Waals surface area (Å²) in [4.78, 5) is 3.15. The predicted octanol–water partition coefficient (Wildman–Crippen LogP) is 3.68. The van der Waals surface area contributed by atoms with Gasteiger partial charge in [-0.15, -0.1) is 0 Å². The van der Waals surface area contributed by atoms with Crippen molar-refractivity contribution in [1.82, 2.24) is 4.98 Å². The Balaban J connectivity index is 2.24. The molecular formula is C14H10FNO. The van der Waals surface area contributed by atoms with Crippen molar-refractivity contribution in [2.45, 2.75) is 0 Å². The third-order valence-corrected chi connectivity index (χ3v) is 2.81. The number of fused-ring (bicyclic) bond motifs is 1. The molecule has 0 saturated heterocycles. The van der Waals surface area contributed by atoms with E-state index in [0.29, 0.717) is 5.39 Å². The number of phenols is 1. The van der Waals surface area contributed by atoms with Crippen LogP contribution < -0.4 is 0 Å². The normalized spacial score (nSPS) is 10.9. The lowest BCUT2D eigenvalue weighted by atomic mass is 10.1. The van der Waals surface area contributed by atoms with Crippen LogP contribution in [0.5, 0.6) is 5.75 Å². The molecule has 0 unspecified atom stereocenters. The van der Waals surface area contributed by atoms with Gasteiger partial charge in [0.1, 0.15) is 0 Å². The molecule has 0 spiro atoms. The van der Waals surface area contributed by atoms with Crippen LogP contribution >= 0.6 is 0 Å². The summed E-state index contributed by atoms with van der Waals surface area (Å²) in [6, 6.07) is 14.3. The van der Waals surface area contributed by atoms with E-state index in [0.717, 1.165) is 16.8 Å². The molecule has 2 aromatic carbocycles. The van der Waals surface area contributed by atoms with E-state index in [4.69, 9.17) is 0 Å². The molecule has 0 amide bonds. The molecule has 0 radical (unpaired) electrons. The number of benzene rings is 2. The van der Waals surface area contributed by atoms with E-state index < -0.39 is 5.82 Å². The zero-order valence-corrected chi connectivity index (χ0v) is 8.94. The highest BCUT2D eigenvalue weighted by Gasteiger charge is 2.09. The molecule has 3 aromatic rings. The summed E-state index contributed by atoms with van der Waals surface area (Å²) in [6.45, 7) is 0. The van der Waals surface area contributed by atoms with E-state index in [9.17, 15) is 9.50 Å². The van der Waals surface area contributed by atoms with Gasteiger partial charge in [-0.05, 0) is 23.8 Å². The maximum absolute atomic E-state index is 13.2. The number of hydrogen-bond acceptors (Lipinski definition) is 1. The Morgan fingerprint density at radius 2 is 1.76 bits per heavy atom. The minimum atomic E-state index is -0.601. The van der Waals surface area contributed by atoms with Gasteiger partial charge < -0.3 is 10.1 Å². The maximum atomic E-state index is 13.2. The van der Waals surface area contributed by atoms with E-state index in [2.05, 4.69) is 4.98 Å². The lowest BCUT2D eigenvalue weighted by molar-refractivity contribution is 0.439. The van der Waals surface area contributed by atoms with Crippen LogP contribution in [0.2, 0.25) is 0 Å². The third-order valence-electron chi connectivity index (χ3n) is 2.81. The molecule has 0 atom stereocenters. The van der Waals surface area contributed by atoms with Crippen molar-refractivity contribution in [3.63, 3.8) is 0 Å². The van der Waals surface area contributed by atoms with Crippen molar-refractivity contribution in [3.8, 4) is 17.0 Å². The Bertz CT molecular complexity index is 673. The number of aromatic hydroxyl groups is 1. The number of phenolic OH excluding ortho intramolecular Hbond substituents is 1. The number of halogens is 1. The molecule has 2 nitrogen and oxygen atoms in total. The third kappa shape index (κ3) is 1.56. The first kappa shape index (κ1) is 9.90. The van der Waals surface area contributed by atoms with Crippen LogP contribution in [0.4, 0.5) is 4.39 Å². The molecule has 3 heteroatoms. The van der Waals surface area contributed by atoms with Gasteiger partial charge >= 0.3 is 0 Å². The Hall–Kier alpha value is -2.29. The van der Waals surface area contributed by atoms with Crippen molar-refractivity contribution in [2.75, 3.05) is 0 Å². The zero-order chi connectivity index (χ0) is 11.8. The summed E-state index contributed by atoms with van der Waals surface area (Å²) >= 11 is 0. The Morgan fingerprint density at radius 3 is 2.53 bits per heavy atom. The van der Waals surface area contributed by atoms with E-state index in [-0.39, 0.29) is 5.75 Å². The lowest BCUT2D eigenvalue weighted by Crippen LogP contribution is -1.76. The fraction of sp³-hybridized carbons (Fsp3) is 0. The van der Waals surface area contributed by atoms with E-state index in [1.54, 1.807) is 12.1 Å². The lowest BCUT2D eigenvalue weighted by Gasteiger charge is -1.95. The van der Waals surface area contributed by atoms with Gasteiger partial charge in [-0.3, -0.25) is 0 Å². The SMILES string of the molecule is Oc1c(F)ccc2[nH]c(-c3ccccc3)cc12. The molecule has 1 aromatic heterocycles. The standard InChI is InChI=1S/C14H10FNO/c15-11-6-7-12-10(14(11)17)8-13(16-12)9-4-2-1-3-5-9/h1-8,16-17H. The molecule has 2 N–H and O–H groups in total. The second kappa shape index (κ2) is 3.63. The number of rotatable bonds is 1. The van der Waals surface area contributed by atoms with Crippen LogP contribution in [0.1, 0.15) is 0 Å². The highest BCUT2D eigenvalue weighted by Crippen LogP contribution is 2.31. The number of hydrogen-bond donors (Lipinski definition) is 2. The van der Waals surface area contributed by atoms with Crippen LogP contribution in [0.3, 0.4) is 0 Å². The van der Waals surface area contributed by atoms with Crippen molar-refractivity contribution >= 4 is 10.9 Å². The Morgan fingerprint density at radius 1 is 1.00 bits per heavy atom. The minimum Gasteiger partial charge on any atom is -0.504 e. The highest BCUT2D eigenvalue weighted by molar-refractivity contribution is 5.90. The number of H-pyrrole nitrogens is 1. The highest BCUT2D eigenvalue weighted by atomic mass is 19.1. The summed E-state index contributed by atoms with van der Waals surface area (Å²) in [6.07, 6.45) is 0. The zero-order valence-electron chi connectivity index (χ0n) is 8.94. The van der Waals surface area contributed by atoms with Gasteiger partial charge in [-0.1, -0.05) is 30.3 Å². The van der Waals surface area contributed by atoms with E-state index in [1.165, 1.54) is 6.07 Å². The fourth-order valence-electron chi connectivity index (χ4n) is 1.94. The molecule has 3 rings (SSSR count). The van der Waals surface area contributed by atoms with Crippen LogP contribution in [0, 0.1) is 5.82 Å². The first-order valence-electron chi connectivity index (χ1n) is 5.31. The van der Waals surface area contributed by atoms with Crippen LogP contribution in [0.25, 0.3) is 22.2 Å². The molecular weight excluding hydrogens is 217 g/mol. The number of aromatic nitrogens is 1.